The quantitative estimate of drug-likeness (QED) is 0.439. The fraction of sp³-hybridized carbons (Fsp3) is 0.143. The Bertz CT molecular complexity index is 296. The zero-order valence-electron chi connectivity index (χ0n) is 5.69. The van der Waals surface area contributed by atoms with Crippen molar-refractivity contribution in [2.45, 2.75) is 6.42 Å². The van der Waals surface area contributed by atoms with Gasteiger partial charge in [0.2, 0.25) is 0 Å². The Hall–Kier alpha value is -1.67. The van der Waals surface area contributed by atoms with Gasteiger partial charge in [0.1, 0.15) is 0 Å². The van der Waals surface area contributed by atoms with E-state index in [1.54, 1.807) is 12.2 Å². The maximum absolute atomic E-state index is 10.4. The monoisotopic (exact) mass is 150 g/mol. The lowest BCUT2D eigenvalue weighted by Crippen LogP contribution is -2.08. The van der Waals surface area contributed by atoms with E-state index in [1.807, 2.05) is 0 Å². The molecular formula is C7H6N2O2. The molecule has 4 heteroatoms. The molecule has 0 unspecified atom stereocenters. The van der Waals surface area contributed by atoms with Crippen molar-refractivity contribution >= 4 is 11.7 Å². The summed E-state index contributed by atoms with van der Waals surface area (Å²) in [6.45, 7) is 0. The molecule has 0 radical (unpaired) electrons. The second-order valence-corrected chi connectivity index (χ2v) is 2.12. The lowest BCUT2D eigenvalue weighted by Gasteiger charge is -1.98. The van der Waals surface area contributed by atoms with Crippen LogP contribution in [0.15, 0.2) is 23.8 Å². The van der Waals surface area contributed by atoms with E-state index in [0.29, 0.717) is 5.71 Å². The third-order valence-electron chi connectivity index (χ3n) is 1.36. The number of aliphatic carboxylic acids is 1. The smallest absolute Gasteiger partial charge is 0.332 e. The van der Waals surface area contributed by atoms with Crippen LogP contribution in [-0.2, 0) is 4.79 Å². The fourth-order valence-corrected chi connectivity index (χ4v) is 0.804. The minimum atomic E-state index is -0.976. The summed E-state index contributed by atoms with van der Waals surface area (Å²) in [6, 6.07) is 0. The Morgan fingerprint density at radius 1 is 1.73 bits per heavy atom. The third-order valence-corrected chi connectivity index (χ3v) is 1.36. The molecule has 0 saturated carbocycles. The van der Waals surface area contributed by atoms with Crippen molar-refractivity contribution in [2.24, 2.45) is 0 Å². The second-order valence-electron chi connectivity index (χ2n) is 2.12. The fourth-order valence-electron chi connectivity index (χ4n) is 0.804. The molecule has 0 amide bonds. The summed E-state index contributed by atoms with van der Waals surface area (Å²) >= 11 is 0. The van der Waals surface area contributed by atoms with Crippen LogP contribution >= 0.6 is 0 Å². The number of carboxylic acids is 1. The van der Waals surface area contributed by atoms with Crippen LogP contribution in [0.1, 0.15) is 6.42 Å². The number of hydrogen-bond acceptors (Lipinski definition) is 1. The lowest BCUT2D eigenvalue weighted by atomic mass is 10.0. The minimum absolute atomic E-state index is 0.183. The van der Waals surface area contributed by atoms with Gasteiger partial charge in [-0.15, -0.1) is 0 Å². The van der Waals surface area contributed by atoms with E-state index in [2.05, 4.69) is 4.79 Å². The van der Waals surface area contributed by atoms with Crippen molar-refractivity contribution in [1.82, 2.24) is 0 Å². The molecule has 0 aromatic heterocycles. The van der Waals surface area contributed by atoms with Gasteiger partial charge in [-0.25, -0.2) is 4.79 Å². The molecule has 1 rings (SSSR count). The van der Waals surface area contributed by atoms with Crippen molar-refractivity contribution in [1.29, 1.82) is 0 Å². The summed E-state index contributed by atoms with van der Waals surface area (Å²) in [5, 5.41) is 8.51. The molecule has 0 heterocycles. The van der Waals surface area contributed by atoms with E-state index in [9.17, 15) is 4.79 Å². The molecule has 0 aromatic rings. The summed E-state index contributed by atoms with van der Waals surface area (Å²) in [4.78, 5) is 13.3. The number of carbonyl (C=O) groups is 1. The van der Waals surface area contributed by atoms with Crippen LogP contribution in [0.2, 0.25) is 0 Å². The zero-order chi connectivity index (χ0) is 8.27. The molecule has 4 nitrogen and oxygen atoms in total. The van der Waals surface area contributed by atoms with Gasteiger partial charge in [0.15, 0.2) is 0 Å². The molecule has 0 spiro atoms. The van der Waals surface area contributed by atoms with Gasteiger partial charge in [-0.2, -0.15) is 4.79 Å². The molecule has 1 aliphatic rings. The van der Waals surface area contributed by atoms with E-state index in [-0.39, 0.29) is 12.0 Å². The Balaban J connectivity index is 2.89. The first-order valence-electron chi connectivity index (χ1n) is 3.05. The van der Waals surface area contributed by atoms with Gasteiger partial charge in [0, 0.05) is 11.6 Å². The van der Waals surface area contributed by atoms with Crippen LogP contribution in [0.4, 0.5) is 0 Å². The van der Waals surface area contributed by atoms with Gasteiger partial charge in [-0.3, -0.25) is 0 Å². The SMILES string of the molecule is [N-]=[N+]=C1C=CC=C(C(=O)O)C1. The van der Waals surface area contributed by atoms with Crippen molar-refractivity contribution in [3.05, 3.63) is 29.3 Å². The molecule has 0 aliphatic heterocycles. The molecule has 56 valence electrons. The van der Waals surface area contributed by atoms with E-state index in [4.69, 9.17) is 10.6 Å². The lowest BCUT2D eigenvalue weighted by molar-refractivity contribution is -0.132. The Morgan fingerprint density at radius 2 is 2.45 bits per heavy atom. The summed E-state index contributed by atoms with van der Waals surface area (Å²) in [6.07, 6.45) is 4.77. The van der Waals surface area contributed by atoms with Crippen molar-refractivity contribution in [3.63, 3.8) is 0 Å². The summed E-state index contributed by atoms with van der Waals surface area (Å²) < 4.78 is 0. The predicted octanol–water partition coefficient (Wildman–Crippen LogP) is 0.628. The molecule has 0 bridgehead atoms. The van der Waals surface area contributed by atoms with E-state index >= 15 is 0 Å². The molecule has 0 saturated heterocycles. The summed E-state index contributed by atoms with van der Waals surface area (Å²) in [5.74, 6) is -0.976. The van der Waals surface area contributed by atoms with Gasteiger partial charge >= 0.3 is 5.97 Å². The predicted molar refractivity (Wildman–Crippen MR) is 38.1 cm³/mol. The summed E-state index contributed by atoms with van der Waals surface area (Å²) in [5.41, 5.74) is 8.91. The van der Waals surface area contributed by atoms with E-state index in [0.717, 1.165) is 0 Å². The van der Waals surface area contributed by atoms with Crippen LogP contribution in [0.3, 0.4) is 0 Å². The molecule has 1 N–H and O–H groups in total. The number of rotatable bonds is 1. The molecule has 0 aromatic carbocycles. The Labute approximate surface area is 63.1 Å². The maximum Gasteiger partial charge on any atom is 0.332 e. The highest BCUT2D eigenvalue weighted by Gasteiger charge is 2.16. The van der Waals surface area contributed by atoms with E-state index in [1.165, 1.54) is 6.08 Å². The standard InChI is InChI=1S/C7H6N2O2/c8-9-6-3-1-2-5(4-6)7(10)11/h1-3H,4H2,(H,10,11). The first kappa shape index (κ1) is 7.44. The highest BCUT2D eigenvalue weighted by atomic mass is 16.4. The summed E-state index contributed by atoms with van der Waals surface area (Å²) in [7, 11) is 0. The van der Waals surface area contributed by atoms with Crippen LogP contribution < -0.4 is 0 Å². The normalized spacial score (nSPS) is 15.6. The Kier molecular flexibility index (Phi) is 1.99. The average molecular weight is 150 g/mol. The topological polar surface area (TPSA) is 73.7 Å². The van der Waals surface area contributed by atoms with Gasteiger partial charge in [-0.05, 0) is 0 Å². The van der Waals surface area contributed by atoms with Crippen LogP contribution in [0.5, 0.6) is 0 Å². The van der Waals surface area contributed by atoms with Gasteiger partial charge in [0.25, 0.3) is 5.71 Å². The van der Waals surface area contributed by atoms with Crippen LogP contribution in [0.25, 0.3) is 5.53 Å². The average Bonchev–Trinajstić information content (AvgIpc) is 2.05. The third kappa shape index (κ3) is 1.63. The number of hydrogen-bond donors (Lipinski definition) is 1. The second kappa shape index (κ2) is 2.94. The largest absolute Gasteiger partial charge is 0.478 e. The van der Waals surface area contributed by atoms with Gasteiger partial charge in [-0.1, -0.05) is 12.2 Å². The molecular weight excluding hydrogens is 144 g/mol. The maximum atomic E-state index is 10.4. The van der Waals surface area contributed by atoms with Crippen molar-refractivity contribution < 1.29 is 14.7 Å². The Morgan fingerprint density at radius 3 is 3.00 bits per heavy atom. The highest BCUT2D eigenvalue weighted by molar-refractivity contribution is 6.01. The van der Waals surface area contributed by atoms with Gasteiger partial charge in [0.05, 0.1) is 6.42 Å². The first-order chi connectivity index (χ1) is 5.24. The van der Waals surface area contributed by atoms with E-state index < -0.39 is 5.97 Å². The molecule has 0 atom stereocenters. The van der Waals surface area contributed by atoms with Crippen LogP contribution in [-0.4, -0.2) is 21.6 Å². The van der Waals surface area contributed by atoms with Crippen molar-refractivity contribution in [3.8, 4) is 0 Å². The molecule has 1 aliphatic carbocycles. The number of nitrogens with zero attached hydrogens (tertiary/aromatic N) is 2. The highest BCUT2D eigenvalue weighted by Crippen LogP contribution is 2.08. The first-order valence-corrected chi connectivity index (χ1v) is 3.05. The molecule has 0 fully saturated rings. The molecule has 11 heavy (non-hydrogen) atoms. The van der Waals surface area contributed by atoms with Crippen molar-refractivity contribution in [2.75, 3.05) is 0 Å². The number of carboxylic acid groups (broad SMARTS) is 1. The zero-order valence-corrected chi connectivity index (χ0v) is 5.69. The number of allylic oxidation sites excluding steroid dienone is 3. The minimum Gasteiger partial charge on any atom is -0.478 e. The van der Waals surface area contributed by atoms with Gasteiger partial charge < -0.3 is 10.6 Å². The van der Waals surface area contributed by atoms with Crippen LogP contribution in [0, 0.1) is 0 Å².